The molecular formula is C20H17ClN4O2. The van der Waals surface area contributed by atoms with E-state index in [1.165, 1.54) is 6.92 Å². The van der Waals surface area contributed by atoms with Gasteiger partial charge in [-0.15, -0.1) is 0 Å². The molecule has 3 rings (SSSR count). The molecule has 0 aliphatic carbocycles. The first-order chi connectivity index (χ1) is 13.0. The number of amides is 2. The Hall–Kier alpha value is -3.38. The van der Waals surface area contributed by atoms with Crippen molar-refractivity contribution in [2.24, 2.45) is 0 Å². The minimum atomic E-state index is -0.343. The average Bonchev–Trinajstić information content (AvgIpc) is 2.65. The van der Waals surface area contributed by atoms with E-state index in [4.69, 9.17) is 11.6 Å². The molecule has 2 amide bonds. The summed E-state index contributed by atoms with van der Waals surface area (Å²) in [6, 6.07) is 17.6. The lowest BCUT2D eigenvalue weighted by atomic mass is 10.2. The molecule has 3 N–H and O–H groups in total. The van der Waals surface area contributed by atoms with Crippen molar-refractivity contribution in [2.75, 3.05) is 16.0 Å². The van der Waals surface area contributed by atoms with E-state index in [9.17, 15) is 9.59 Å². The second-order valence-electron chi connectivity index (χ2n) is 5.75. The van der Waals surface area contributed by atoms with Crippen molar-refractivity contribution in [1.82, 2.24) is 4.98 Å². The third-order valence-corrected chi connectivity index (χ3v) is 3.94. The summed E-state index contributed by atoms with van der Waals surface area (Å²) in [5.41, 5.74) is 2.96. The molecule has 0 bridgehead atoms. The Morgan fingerprint density at radius 3 is 2.22 bits per heavy atom. The number of nitrogens with one attached hydrogen (secondary N) is 3. The van der Waals surface area contributed by atoms with Gasteiger partial charge in [-0.1, -0.05) is 23.7 Å². The molecule has 0 saturated carbocycles. The first-order valence-corrected chi connectivity index (χ1v) is 8.56. The van der Waals surface area contributed by atoms with Gasteiger partial charge in [-0.2, -0.15) is 0 Å². The van der Waals surface area contributed by atoms with Crippen molar-refractivity contribution in [2.45, 2.75) is 6.92 Å². The molecule has 27 heavy (non-hydrogen) atoms. The van der Waals surface area contributed by atoms with Gasteiger partial charge in [0.2, 0.25) is 5.91 Å². The number of anilines is 4. The van der Waals surface area contributed by atoms with Crippen LogP contribution in [0.3, 0.4) is 0 Å². The Labute approximate surface area is 161 Å². The zero-order valence-electron chi connectivity index (χ0n) is 14.5. The molecule has 0 aliphatic rings. The van der Waals surface area contributed by atoms with Crippen LogP contribution < -0.4 is 16.0 Å². The van der Waals surface area contributed by atoms with Crippen LogP contribution in [0.1, 0.15) is 17.4 Å². The molecule has 0 saturated heterocycles. The lowest BCUT2D eigenvalue weighted by Crippen LogP contribution is -2.14. The predicted molar refractivity (Wildman–Crippen MR) is 108 cm³/mol. The number of carbonyl (C=O) groups is 2. The Bertz CT molecular complexity index is 974. The molecule has 2 aromatic carbocycles. The number of para-hydroxylation sites is 1. The largest absolute Gasteiger partial charge is 0.354 e. The Morgan fingerprint density at radius 2 is 1.56 bits per heavy atom. The maximum Gasteiger partial charge on any atom is 0.274 e. The second-order valence-corrected chi connectivity index (χ2v) is 6.15. The number of aromatic nitrogens is 1. The number of rotatable bonds is 5. The van der Waals surface area contributed by atoms with Crippen molar-refractivity contribution in [3.63, 3.8) is 0 Å². The molecule has 0 spiro atoms. The number of carbonyl (C=O) groups excluding carboxylic acids is 2. The summed E-state index contributed by atoms with van der Waals surface area (Å²) in [5.74, 6) is -0.496. The van der Waals surface area contributed by atoms with Crippen LogP contribution in [-0.2, 0) is 4.79 Å². The molecule has 1 aromatic heterocycles. The molecule has 0 atom stereocenters. The molecule has 1 heterocycles. The first kappa shape index (κ1) is 18.4. The number of halogens is 1. The summed E-state index contributed by atoms with van der Waals surface area (Å²) in [5, 5.41) is 9.19. The fourth-order valence-electron chi connectivity index (χ4n) is 2.39. The number of hydrogen-bond acceptors (Lipinski definition) is 4. The highest BCUT2D eigenvalue weighted by Gasteiger charge is 2.09. The highest BCUT2D eigenvalue weighted by Crippen LogP contribution is 2.25. The van der Waals surface area contributed by atoms with Crippen molar-refractivity contribution < 1.29 is 9.59 Å². The van der Waals surface area contributed by atoms with Gasteiger partial charge in [0.05, 0.1) is 10.7 Å². The summed E-state index contributed by atoms with van der Waals surface area (Å²) < 4.78 is 0. The van der Waals surface area contributed by atoms with Gasteiger partial charge in [0.1, 0.15) is 5.69 Å². The Kier molecular flexibility index (Phi) is 5.68. The quantitative estimate of drug-likeness (QED) is 0.599. The number of hydrogen-bond donors (Lipinski definition) is 3. The minimum absolute atomic E-state index is 0.154. The van der Waals surface area contributed by atoms with Crippen LogP contribution in [0.15, 0.2) is 66.9 Å². The third kappa shape index (κ3) is 5.05. The molecule has 3 aromatic rings. The van der Waals surface area contributed by atoms with Crippen molar-refractivity contribution in [3.8, 4) is 0 Å². The smallest absolute Gasteiger partial charge is 0.274 e. The zero-order chi connectivity index (χ0) is 19.2. The molecule has 0 unspecified atom stereocenters. The number of pyridine rings is 1. The van der Waals surface area contributed by atoms with E-state index in [0.29, 0.717) is 22.1 Å². The van der Waals surface area contributed by atoms with Gasteiger partial charge in [0.25, 0.3) is 5.91 Å². The SMILES string of the molecule is CC(=O)Nc1ccc(NC(=O)c2cc(Nc3ccccc3Cl)ccn2)cc1. The summed E-state index contributed by atoms with van der Waals surface area (Å²) >= 11 is 6.14. The number of benzene rings is 2. The molecule has 7 heteroatoms. The molecule has 0 radical (unpaired) electrons. The van der Waals surface area contributed by atoms with Crippen LogP contribution in [0.2, 0.25) is 5.02 Å². The van der Waals surface area contributed by atoms with Crippen LogP contribution in [0, 0.1) is 0 Å². The Balaban J connectivity index is 1.70. The van der Waals surface area contributed by atoms with Gasteiger partial charge < -0.3 is 16.0 Å². The lowest BCUT2D eigenvalue weighted by Gasteiger charge is -2.10. The van der Waals surface area contributed by atoms with Crippen LogP contribution in [-0.4, -0.2) is 16.8 Å². The van der Waals surface area contributed by atoms with E-state index in [1.807, 2.05) is 18.2 Å². The van der Waals surface area contributed by atoms with E-state index in [0.717, 1.165) is 5.69 Å². The normalized spacial score (nSPS) is 10.1. The third-order valence-electron chi connectivity index (χ3n) is 3.61. The van der Waals surface area contributed by atoms with E-state index < -0.39 is 0 Å². The van der Waals surface area contributed by atoms with Crippen molar-refractivity contribution >= 4 is 46.2 Å². The van der Waals surface area contributed by atoms with Gasteiger partial charge in [-0.05, 0) is 48.5 Å². The molecular weight excluding hydrogens is 364 g/mol. The maximum absolute atomic E-state index is 12.5. The zero-order valence-corrected chi connectivity index (χ0v) is 15.2. The Morgan fingerprint density at radius 1 is 0.889 bits per heavy atom. The summed E-state index contributed by atoms with van der Waals surface area (Å²) in [6.45, 7) is 1.44. The number of nitrogens with zero attached hydrogens (tertiary/aromatic N) is 1. The van der Waals surface area contributed by atoms with Crippen molar-refractivity contribution in [3.05, 3.63) is 77.6 Å². The van der Waals surface area contributed by atoms with E-state index in [2.05, 4.69) is 20.9 Å². The molecule has 6 nitrogen and oxygen atoms in total. The molecule has 0 fully saturated rings. The van der Waals surface area contributed by atoms with E-state index >= 15 is 0 Å². The summed E-state index contributed by atoms with van der Waals surface area (Å²) in [4.78, 5) is 27.6. The van der Waals surface area contributed by atoms with Gasteiger partial charge in [-0.25, -0.2) is 0 Å². The van der Waals surface area contributed by atoms with Crippen LogP contribution in [0.5, 0.6) is 0 Å². The summed E-state index contributed by atoms with van der Waals surface area (Å²) in [7, 11) is 0. The van der Waals surface area contributed by atoms with Gasteiger partial charge in [-0.3, -0.25) is 14.6 Å². The second kappa shape index (κ2) is 8.33. The average molecular weight is 381 g/mol. The lowest BCUT2D eigenvalue weighted by molar-refractivity contribution is -0.114. The van der Waals surface area contributed by atoms with E-state index in [1.54, 1.807) is 48.7 Å². The van der Waals surface area contributed by atoms with Gasteiger partial charge in [0, 0.05) is 30.2 Å². The maximum atomic E-state index is 12.5. The summed E-state index contributed by atoms with van der Waals surface area (Å²) in [6.07, 6.45) is 1.55. The van der Waals surface area contributed by atoms with Crippen LogP contribution in [0.4, 0.5) is 22.7 Å². The first-order valence-electron chi connectivity index (χ1n) is 8.18. The topological polar surface area (TPSA) is 83.1 Å². The highest BCUT2D eigenvalue weighted by atomic mass is 35.5. The molecule has 136 valence electrons. The predicted octanol–water partition coefficient (Wildman–Crippen LogP) is 4.69. The fraction of sp³-hybridized carbons (Fsp3) is 0.0500. The van der Waals surface area contributed by atoms with Gasteiger partial charge in [0.15, 0.2) is 0 Å². The van der Waals surface area contributed by atoms with Crippen molar-refractivity contribution in [1.29, 1.82) is 0 Å². The monoisotopic (exact) mass is 380 g/mol. The molecule has 0 aliphatic heterocycles. The van der Waals surface area contributed by atoms with E-state index in [-0.39, 0.29) is 17.5 Å². The van der Waals surface area contributed by atoms with Crippen LogP contribution >= 0.6 is 11.6 Å². The van der Waals surface area contributed by atoms with Gasteiger partial charge >= 0.3 is 0 Å². The standard InChI is InChI=1S/C20H17ClN4O2/c1-13(26)23-14-6-8-15(9-7-14)25-20(27)19-12-16(10-11-22-19)24-18-5-3-2-4-17(18)21/h2-12H,1H3,(H,22,24)(H,23,26)(H,25,27). The van der Waals surface area contributed by atoms with Crippen LogP contribution in [0.25, 0.3) is 0 Å². The highest BCUT2D eigenvalue weighted by molar-refractivity contribution is 6.33. The minimum Gasteiger partial charge on any atom is -0.354 e. The fourth-order valence-corrected chi connectivity index (χ4v) is 2.57.